The van der Waals surface area contributed by atoms with Gasteiger partial charge in [-0.3, -0.25) is 9.47 Å². The Hall–Kier alpha value is -2.42. The SMILES string of the molecule is Cn1c(=O)oc2cc(S(=O)(=O)N3CCN4CCc5ccccc5C4C3)ccc21. The first-order valence-electron chi connectivity index (χ1n) is 9.37. The summed E-state index contributed by atoms with van der Waals surface area (Å²) in [5, 5.41) is 0. The Balaban J connectivity index is 1.50. The maximum absolute atomic E-state index is 13.3. The standard InChI is InChI=1S/C20H21N3O4S/c1-21-17-7-6-15(12-19(17)27-20(21)24)28(25,26)23-11-10-22-9-8-14-4-2-3-5-16(14)18(22)13-23/h2-7,12,18H,8-11,13H2,1H3. The lowest BCUT2D eigenvalue weighted by Gasteiger charge is -2.44. The fourth-order valence-corrected chi connectivity index (χ4v) is 5.80. The lowest BCUT2D eigenvalue weighted by atomic mass is 9.91. The molecule has 1 saturated heterocycles. The van der Waals surface area contributed by atoms with Crippen LogP contribution in [0.4, 0.5) is 0 Å². The molecule has 0 spiro atoms. The Morgan fingerprint density at radius 3 is 2.75 bits per heavy atom. The van der Waals surface area contributed by atoms with E-state index in [1.54, 1.807) is 23.5 Å². The highest BCUT2D eigenvalue weighted by molar-refractivity contribution is 7.89. The summed E-state index contributed by atoms with van der Waals surface area (Å²) < 4.78 is 34.7. The van der Waals surface area contributed by atoms with E-state index in [0.29, 0.717) is 25.2 Å². The number of nitrogens with zero attached hydrogens (tertiary/aromatic N) is 3. The highest BCUT2D eigenvalue weighted by Crippen LogP contribution is 2.34. The van der Waals surface area contributed by atoms with Gasteiger partial charge in [0.1, 0.15) is 0 Å². The van der Waals surface area contributed by atoms with Gasteiger partial charge in [0.15, 0.2) is 5.58 Å². The van der Waals surface area contributed by atoms with Crippen molar-refractivity contribution in [2.45, 2.75) is 17.4 Å². The normalized spacial score (nSPS) is 20.8. The van der Waals surface area contributed by atoms with E-state index < -0.39 is 15.8 Å². The molecule has 0 N–H and O–H groups in total. The summed E-state index contributed by atoms with van der Waals surface area (Å²) in [5.74, 6) is -0.503. The number of rotatable bonds is 2. The van der Waals surface area contributed by atoms with Gasteiger partial charge in [-0.15, -0.1) is 0 Å². The van der Waals surface area contributed by atoms with Gasteiger partial charge in [0.25, 0.3) is 0 Å². The fraction of sp³-hybridized carbons (Fsp3) is 0.350. The quantitative estimate of drug-likeness (QED) is 0.656. The van der Waals surface area contributed by atoms with Crippen LogP contribution in [0.25, 0.3) is 11.1 Å². The molecule has 1 aromatic heterocycles. The van der Waals surface area contributed by atoms with E-state index in [4.69, 9.17) is 4.42 Å². The largest absolute Gasteiger partial charge is 0.419 e. The van der Waals surface area contributed by atoms with Gasteiger partial charge in [-0.05, 0) is 29.7 Å². The smallest absolute Gasteiger partial charge is 0.408 e. The van der Waals surface area contributed by atoms with E-state index in [0.717, 1.165) is 13.0 Å². The van der Waals surface area contributed by atoms with Gasteiger partial charge < -0.3 is 4.42 Å². The van der Waals surface area contributed by atoms with Crippen molar-refractivity contribution in [2.24, 2.45) is 7.05 Å². The molecular weight excluding hydrogens is 378 g/mol. The lowest BCUT2D eigenvalue weighted by Crippen LogP contribution is -2.52. The van der Waals surface area contributed by atoms with Gasteiger partial charge in [-0.25, -0.2) is 13.2 Å². The first-order valence-corrected chi connectivity index (χ1v) is 10.8. The maximum atomic E-state index is 13.3. The van der Waals surface area contributed by atoms with Crippen LogP contribution < -0.4 is 5.76 Å². The fourth-order valence-electron chi connectivity index (χ4n) is 4.35. The number of fused-ring (bicyclic) bond motifs is 4. The van der Waals surface area contributed by atoms with E-state index in [9.17, 15) is 13.2 Å². The molecule has 28 heavy (non-hydrogen) atoms. The van der Waals surface area contributed by atoms with E-state index >= 15 is 0 Å². The minimum atomic E-state index is -3.67. The molecule has 2 aliphatic heterocycles. The van der Waals surface area contributed by atoms with Crippen molar-refractivity contribution >= 4 is 21.1 Å². The Bertz CT molecular complexity index is 1230. The zero-order chi connectivity index (χ0) is 19.5. The molecule has 3 aromatic rings. The van der Waals surface area contributed by atoms with Gasteiger partial charge >= 0.3 is 5.76 Å². The van der Waals surface area contributed by atoms with Crippen molar-refractivity contribution in [3.63, 3.8) is 0 Å². The van der Waals surface area contributed by atoms with Gasteiger partial charge in [0.05, 0.1) is 10.4 Å². The molecule has 3 heterocycles. The lowest BCUT2D eigenvalue weighted by molar-refractivity contribution is 0.109. The van der Waals surface area contributed by atoms with E-state index in [2.05, 4.69) is 17.0 Å². The number of aryl methyl sites for hydroxylation is 1. The minimum Gasteiger partial charge on any atom is -0.408 e. The van der Waals surface area contributed by atoms with Gasteiger partial charge in [-0.2, -0.15) is 4.31 Å². The van der Waals surface area contributed by atoms with Crippen LogP contribution in [-0.4, -0.2) is 48.4 Å². The van der Waals surface area contributed by atoms with Crippen molar-refractivity contribution in [2.75, 3.05) is 26.2 Å². The Morgan fingerprint density at radius 2 is 1.89 bits per heavy atom. The van der Waals surface area contributed by atoms with Crippen LogP contribution >= 0.6 is 0 Å². The third-order valence-electron chi connectivity index (χ3n) is 5.94. The first kappa shape index (κ1) is 17.7. The van der Waals surface area contributed by atoms with Crippen molar-refractivity contribution < 1.29 is 12.8 Å². The summed E-state index contributed by atoms with van der Waals surface area (Å²) in [6, 6.07) is 13.0. The molecule has 0 saturated carbocycles. The highest BCUT2D eigenvalue weighted by Gasteiger charge is 2.37. The molecular formula is C20H21N3O4S. The molecule has 7 nitrogen and oxygen atoms in total. The van der Waals surface area contributed by atoms with E-state index in [1.807, 2.05) is 12.1 Å². The molecule has 8 heteroatoms. The molecule has 2 aromatic carbocycles. The summed E-state index contributed by atoms with van der Waals surface area (Å²) in [6.45, 7) is 2.55. The predicted octanol–water partition coefficient (Wildman–Crippen LogP) is 1.74. The molecule has 1 fully saturated rings. The zero-order valence-corrected chi connectivity index (χ0v) is 16.4. The first-order chi connectivity index (χ1) is 13.4. The third-order valence-corrected chi connectivity index (χ3v) is 7.80. The zero-order valence-electron chi connectivity index (χ0n) is 15.5. The molecule has 146 valence electrons. The number of oxazole rings is 1. The van der Waals surface area contributed by atoms with Crippen molar-refractivity contribution in [1.29, 1.82) is 0 Å². The second-order valence-electron chi connectivity index (χ2n) is 7.42. The number of piperazine rings is 1. The molecule has 1 unspecified atom stereocenters. The molecule has 0 bridgehead atoms. The van der Waals surface area contributed by atoms with Crippen LogP contribution in [0.15, 0.2) is 56.6 Å². The molecule has 0 aliphatic carbocycles. The number of sulfonamides is 1. The van der Waals surface area contributed by atoms with E-state index in [-0.39, 0.29) is 16.5 Å². The van der Waals surface area contributed by atoms with Gasteiger partial charge in [0, 0.05) is 45.3 Å². The number of benzene rings is 2. The van der Waals surface area contributed by atoms with Crippen LogP contribution in [0, 0.1) is 0 Å². The molecule has 2 aliphatic rings. The molecule has 0 radical (unpaired) electrons. The summed E-state index contributed by atoms with van der Waals surface area (Å²) in [7, 11) is -2.08. The second-order valence-corrected chi connectivity index (χ2v) is 9.36. The van der Waals surface area contributed by atoms with Crippen LogP contribution in [0.1, 0.15) is 17.2 Å². The molecule has 0 amide bonds. The van der Waals surface area contributed by atoms with Crippen molar-refractivity contribution in [3.8, 4) is 0 Å². The maximum Gasteiger partial charge on any atom is 0.419 e. The summed E-state index contributed by atoms with van der Waals surface area (Å²) in [6.07, 6.45) is 1.00. The van der Waals surface area contributed by atoms with Crippen LogP contribution in [0.2, 0.25) is 0 Å². The van der Waals surface area contributed by atoms with Gasteiger partial charge in [0.2, 0.25) is 10.0 Å². The van der Waals surface area contributed by atoms with Crippen LogP contribution in [0.5, 0.6) is 0 Å². The van der Waals surface area contributed by atoms with E-state index in [1.165, 1.54) is 21.8 Å². The van der Waals surface area contributed by atoms with Crippen molar-refractivity contribution in [1.82, 2.24) is 13.8 Å². The summed E-state index contributed by atoms with van der Waals surface area (Å²) in [4.78, 5) is 14.2. The average Bonchev–Trinajstić information content (AvgIpc) is 3.00. The summed E-state index contributed by atoms with van der Waals surface area (Å²) >= 11 is 0. The Morgan fingerprint density at radius 1 is 1.07 bits per heavy atom. The van der Waals surface area contributed by atoms with Crippen molar-refractivity contribution in [3.05, 3.63) is 64.1 Å². The Labute approximate surface area is 162 Å². The van der Waals surface area contributed by atoms with Crippen LogP contribution in [-0.2, 0) is 23.5 Å². The number of hydrogen-bond donors (Lipinski definition) is 0. The molecule has 5 rings (SSSR count). The Kier molecular flexibility index (Phi) is 3.97. The number of hydrogen-bond acceptors (Lipinski definition) is 5. The molecule has 1 atom stereocenters. The predicted molar refractivity (Wildman–Crippen MR) is 105 cm³/mol. The van der Waals surface area contributed by atoms with Crippen LogP contribution in [0.3, 0.4) is 0 Å². The van der Waals surface area contributed by atoms with Gasteiger partial charge in [-0.1, -0.05) is 24.3 Å². The summed E-state index contributed by atoms with van der Waals surface area (Å²) in [5.41, 5.74) is 3.39. The highest BCUT2D eigenvalue weighted by atomic mass is 32.2. The topological polar surface area (TPSA) is 75.8 Å². The second kappa shape index (κ2) is 6.30. The number of aromatic nitrogens is 1. The minimum absolute atomic E-state index is 0.0758. The third kappa shape index (κ3) is 2.63. The average molecular weight is 399 g/mol. The monoisotopic (exact) mass is 399 g/mol.